The molecule has 1 fully saturated rings. The Bertz CT molecular complexity index is 808. The molecule has 2 aliphatic rings. The molecule has 1 aliphatic heterocycles. The first-order valence-electron chi connectivity index (χ1n) is 8.36. The van der Waals surface area contributed by atoms with Gasteiger partial charge < -0.3 is 15.6 Å². The number of benzene rings is 2. The average molecular weight is 339 g/mol. The SMILES string of the molecule is COc1ccc(C2NN(C(N)=O)C3(O)c4ccccc4CCC23)cc1. The van der Waals surface area contributed by atoms with Gasteiger partial charge in [-0.25, -0.2) is 15.2 Å². The summed E-state index contributed by atoms with van der Waals surface area (Å²) in [7, 11) is 1.62. The zero-order valence-electron chi connectivity index (χ0n) is 14.0. The van der Waals surface area contributed by atoms with Crippen molar-refractivity contribution in [3.8, 4) is 5.75 Å². The van der Waals surface area contributed by atoms with Gasteiger partial charge in [0.1, 0.15) is 5.75 Å². The summed E-state index contributed by atoms with van der Waals surface area (Å²) in [6, 6.07) is 14.4. The predicted molar refractivity (Wildman–Crippen MR) is 92.4 cm³/mol. The molecular formula is C19H21N3O3. The summed E-state index contributed by atoms with van der Waals surface area (Å²) in [5.41, 5.74) is 10.0. The van der Waals surface area contributed by atoms with Gasteiger partial charge in [-0.3, -0.25) is 0 Å². The number of aliphatic hydroxyl groups is 1. The highest BCUT2D eigenvalue weighted by molar-refractivity contribution is 5.73. The van der Waals surface area contributed by atoms with E-state index in [0.717, 1.165) is 35.3 Å². The molecule has 0 radical (unpaired) electrons. The van der Waals surface area contributed by atoms with Crippen molar-refractivity contribution in [1.82, 2.24) is 10.4 Å². The van der Waals surface area contributed by atoms with Gasteiger partial charge in [-0.2, -0.15) is 0 Å². The van der Waals surface area contributed by atoms with Gasteiger partial charge in [0.2, 0.25) is 0 Å². The zero-order chi connectivity index (χ0) is 17.6. The van der Waals surface area contributed by atoms with Crippen molar-refractivity contribution in [2.45, 2.75) is 24.6 Å². The maximum absolute atomic E-state index is 12.1. The molecule has 0 saturated carbocycles. The number of nitrogens with two attached hydrogens (primary N) is 1. The molecule has 4 N–H and O–H groups in total. The largest absolute Gasteiger partial charge is 0.497 e. The molecule has 1 aliphatic carbocycles. The highest BCUT2D eigenvalue weighted by Crippen LogP contribution is 2.51. The molecular weight excluding hydrogens is 318 g/mol. The number of methoxy groups -OCH3 is 1. The van der Waals surface area contributed by atoms with Crippen LogP contribution in [-0.2, 0) is 12.1 Å². The number of nitrogens with one attached hydrogen (secondary N) is 1. The average Bonchev–Trinajstić information content (AvgIpc) is 2.95. The summed E-state index contributed by atoms with van der Waals surface area (Å²) in [5, 5.41) is 12.7. The Morgan fingerprint density at radius 1 is 1.28 bits per heavy atom. The number of hydrogen-bond donors (Lipinski definition) is 3. The van der Waals surface area contributed by atoms with Gasteiger partial charge in [-0.15, -0.1) is 0 Å². The fourth-order valence-electron chi connectivity index (χ4n) is 4.17. The van der Waals surface area contributed by atoms with E-state index in [1.165, 1.54) is 5.01 Å². The molecule has 1 heterocycles. The van der Waals surface area contributed by atoms with Crippen molar-refractivity contribution in [1.29, 1.82) is 0 Å². The Morgan fingerprint density at radius 2 is 2.00 bits per heavy atom. The summed E-state index contributed by atoms with van der Waals surface area (Å²) in [6.07, 6.45) is 1.60. The smallest absolute Gasteiger partial charge is 0.332 e. The first-order valence-corrected chi connectivity index (χ1v) is 8.36. The van der Waals surface area contributed by atoms with E-state index in [4.69, 9.17) is 10.5 Å². The first kappa shape index (κ1) is 15.9. The number of fused-ring (bicyclic) bond motifs is 3. The predicted octanol–water partition coefficient (Wildman–Crippen LogP) is 2.04. The lowest BCUT2D eigenvalue weighted by atomic mass is 9.73. The van der Waals surface area contributed by atoms with Crippen LogP contribution < -0.4 is 15.9 Å². The molecule has 2 amide bonds. The Kier molecular flexibility index (Phi) is 3.67. The molecule has 0 aromatic heterocycles. The van der Waals surface area contributed by atoms with Gasteiger partial charge in [0, 0.05) is 11.5 Å². The standard InChI is InChI=1S/C19H21N3O3/c1-25-14-9-6-13(7-10-14)17-16-11-8-12-4-2-3-5-15(12)19(16,24)22(21-17)18(20)23/h2-7,9-10,16-17,21,24H,8,11H2,1H3,(H2,20,23). The maximum Gasteiger partial charge on any atom is 0.332 e. The normalized spacial score (nSPS) is 27.5. The monoisotopic (exact) mass is 339 g/mol. The van der Waals surface area contributed by atoms with Crippen LogP contribution in [0.1, 0.15) is 29.2 Å². The van der Waals surface area contributed by atoms with E-state index in [-0.39, 0.29) is 12.0 Å². The van der Waals surface area contributed by atoms with E-state index in [9.17, 15) is 9.90 Å². The van der Waals surface area contributed by atoms with Gasteiger partial charge >= 0.3 is 6.03 Å². The number of carbonyl (C=O) groups excluding carboxylic acids is 1. The third-order valence-corrected chi connectivity index (χ3v) is 5.36. The van der Waals surface area contributed by atoms with Crippen molar-refractivity contribution in [3.05, 3.63) is 65.2 Å². The van der Waals surface area contributed by atoms with E-state index in [2.05, 4.69) is 5.43 Å². The summed E-state index contributed by atoms with van der Waals surface area (Å²) in [4.78, 5) is 12.1. The van der Waals surface area contributed by atoms with Gasteiger partial charge in [-0.05, 0) is 36.1 Å². The maximum atomic E-state index is 12.1. The van der Waals surface area contributed by atoms with Crippen LogP contribution >= 0.6 is 0 Å². The number of ether oxygens (including phenoxy) is 1. The summed E-state index contributed by atoms with van der Waals surface area (Å²) in [6.45, 7) is 0. The zero-order valence-corrected chi connectivity index (χ0v) is 14.0. The number of hydrazine groups is 1. The lowest BCUT2D eigenvalue weighted by Gasteiger charge is -2.40. The summed E-state index contributed by atoms with van der Waals surface area (Å²) in [5.74, 6) is 0.570. The summed E-state index contributed by atoms with van der Waals surface area (Å²) >= 11 is 0. The van der Waals surface area contributed by atoms with E-state index in [1.54, 1.807) is 7.11 Å². The van der Waals surface area contributed by atoms with Crippen LogP contribution in [0.3, 0.4) is 0 Å². The molecule has 25 heavy (non-hydrogen) atoms. The molecule has 6 heteroatoms. The van der Waals surface area contributed by atoms with E-state index in [1.807, 2.05) is 48.5 Å². The van der Waals surface area contributed by atoms with Crippen LogP contribution in [0.5, 0.6) is 5.75 Å². The molecule has 0 spiro atoms. The lowest BCUT2D eigenvalue weighted by molar-refractivity contribution is -0.112. The third-order valence-electron chi connectivity index (χ3n) is 5.36. The van der Waals surface area contributed by atoms with Crippen molar-refractivity contribution >= 4 is 6.03 Å². The van der Waals surface area contributed by atoms with Gasteiger partial charge in [-0.1, -0.05) is 36.4 Å². The molecule has 3 unspecified atom stereocenters. The fourth-order valence-corrected chi connectivity index (χ4v) is 4.17. The van der Waals surface area contributed by atoms with Crippen LogP contribution in [0, 0.1) is 5.92 Å². The van der Waals surface area contributed by atoms with Crippen LogP contribution in [0.15, 0.2) is 48.5 Å². The van der Waals surface area contributed by atoms with Crippen molar-refractivity contribution < 1.29 is 14.6 Å². The van der Waals surface area contributed by atoms with E-state index >= 15 is 0 Å². The van der Waals surface area contributed by atoms with E-state index < -0.39 is 11.8 Å². The van der Waals surface area contributed by atoms with Crippen molar-refractivity contribution in [2.75, 3.05) is 7.11 Å². The molecule has 130 valence electrons. The number of rotatable bonds is 2. The highest BCUT2D eigenvalue weighted by atomic mass is 16.5. The minimum Gasteiger partial charge on any atom is -0.497 e. The van der Waals surface area contributed by atoms with Crippen LogP contribution in [0.25, 0.3) is 0 Å². The minimum atomic E-state index is -1.45. The van der Waals surface area contributed by atoms with Gasteiger partial charge in [0.05, 0.1) is 13.2 Å². The highest BCUT2D eigenvalue weighted by Gasteiger charge is 2.58. The number of urea groups is 1. The third kappa shape index (κ3) is 2.29. The second-order valence-corrected chi connectivity index (χ2v) is 6.58. The fraction of sp³-hybridized carbons (Fsp3) is 0.316. The Morgan fingerprint density at radius 3 is 2.68 bits per heavy atom. The van der Waals surface area contributed by atoms with Crippen molar-refractivity contribution in [3.63, 3.8) is 0 Å². The molecule has 2 aromatic rings. The molecule has 3 atom stereocenters. The topological polar surface area (TPSA) is 87.8 Å². The van der Waals surface area contributed by atoms with Crippen LogP contribution in [0.4, 0.5) is 4.79 Å². The molecule has 1 saturated heterocycles. The number of aryl methyl sites for hydroxylation is 1. The van der Waals surface area contributed by atoms with Crippen LogP contribution in [-0.4, -0.2) is 23.3 Å². The number of amides is 2. The lowest BCUT2D eigenvalue weighted by Crippen LogP contribution is -2.55. The first-order chi connectivity index (χ1) is 12.1. The van der Waals surface area contributed by atoms with Crippen LogP contribution in [0.2, 0.25) is 0 Å². The number of nitrogens with zero attached hydrogens (tertiary/aromatic N) is 1. The Labute approximate surface area is 146 Å². The minimum absolute atomic E-state index is 0.191. The quantitative estimate of drug-likeness (QED) is 0.781. The van der Waals surface area contributed by atoms with E-state index in [0.29, 0.717) is 0 Å². The number of hydrogen-bond acceptors (Lipinski definition) is 4. The number of primary amides is 1. The Hall–Kier alpha value is -2.57. The molecule has 2 aromatic carbocycles. The number of carbonyl (C=O) groups is 1. The van der Waals surface area contributed by atoms with Gasteiger partial charge in [0.25, 0.3) is 0 Å². The Balaban J connectivity index is 1.80. The second kappa shape index (κ2) is 5.75. The molecule has 0 bridgehead atoms. The molecule has 4 rings (SSSR count). The second-order valence-electron chi connectivity index (χ2n) is 6.58. The van der Waals surface area contributed by atoms with Gasteiger partial charge in [0.15, 0.2) is 5.72 Å². The molecule has 6 nitrogen and oxygen atoms in total. The summed E-state index contributed by atoms with van der Waals surface area (Å²) < 4.78 is 5.21. The van der Waals surface area contributed by atoms with Crippen molar-refractivity contribution in [2.24, 2.45) is 11.7 Å².